The fourth-order valence-electron chi connectivity index (χ4n) is 3.40. The maximum absolute atomic E-state index is 14.0. The molecule has 2 aromatic carbocycles. The fraction of sp³-hybridized carbons (Fsp3) is 0.0833. The first kappa shape index (κ1) is 21.4. The zero-order valence-electron chi connectivity index (χ0n) is 16.9. The van der Waals surface area contributed by atoms with Crippen molar-refractivity contribution in [3.05, 3.63) is 105 Å². The van der Waals surface area contributed by atoms with E-state index in [0.717, 1.165) is 5.56 Å². The van der Waals surface area contributed by atoms with E-state index in [9.17, 15) is 18.8 Å². The number of aryl methyl sites for hydroxylation is 1. The number of halogens is 2. The van der Waals surface area contributed by atoms with E-state index >= 15 is 0 Å². The molecule has 6 nitrogen and oxygen atoms in total. The van der Waals surface area contributed by atoms with Crippen molar-refractivity contribution in [2.45, 2.75) is 13.5 Å². The van der Waals surface area contributed by atoms with Gasteiger partial charge in [-0.05, 0) is 55.0 Å². The highest BCUT2D eigenvalue weighted by Crippen LogP contribution is 2.20. The minimum Gasteiger partial charge on any atom is -0.337 e. The molecule has 1 N–H and O–H groups in total. The first-order chi connectivity index (χ1) is 15.3. The average Bonchev–Trinajstić information content (AvgIpc) is 2.78. The Bertz CT molecular complexity index is 1420. The van der Waals surface area contributed by atoms with Crippen LogP contribution in [0.3, 0.4) is 0 Å². The van der Waals surface area contributed by atoms with Gasteiger partial charge in [0.25, 0.3) is 0 Å². The zero-order valence-corrected chi connectivity index (χ0v) is 17.7. The molecular weight excluding hydrogens is 433 g/mol. The van der Waals surface area contributed by atoms with Crippen LogP contribution in [0.5, 0.6) is 0 Å². The van der Waals surface area contributed by atoms with Crippen LogP contribution >= 0.6 is 11.6 Å². The van der Waals surface area contributed by atoms with Gasteiger partial charge in [0, 0.05) is 34.6 Å². The number of nitrogens with zero attached hydrogens (tertiary/aromatic N) is 2. The summed E-state index contributed by atoms with van der Waals surface area (Å²) in [5.74, 6) is -1.58. The third kappa shape index (κ3) is 4.29. The molecular formula is C24H17ClFN3O3. The van der Waals surface area contributed by atoms with E-state index in [-0.39, 0.29) is 28.7 Å². The van der Waals surface area contributed by atoms with Crippen molar-refractivity contribution < 1.29 is 14.0 Å². The van der Waals surface area contributed by atoms with Crippen LogP contribution in [0.25, 0.3) is 10.9 Å². The van der Waals surface area contributed by atoms with Gasteiger partial charge in [0.1, 0.15) is 12.4 Å². The van der Waals surface area contributed by atoms with E-state index in [0.29, 0.717) is 10.5 Å². The predicted molar refractivity (Wildman–Crippen MR) is 121 cm³/mol. The second-order valence-electron chi connectivity index (χ2n) is 7.26. The molecule has 1 amide bonds. The molecule has 0 aliphatic carbocycles. The molecule has 0 aliphatic heterocycles. The lowest BCUT2D eigenvalue weighted by molar-refractivity contribution is -0.116. The Labute approximate surface area is 187 Å². The van der Waals surface area contributed by atoms with E-state index in [4.69, 9.17) is 11.6 Å². The number of pyridine rings is 2. The van der Waals surface area contributed by atoms with Gasteiger partial charge in [0.05, 0.1) is 16.8 Å². The molecule has 0 spiro atoms. The molecule has 0 saturated heterocycles. The van der Waals surface area contributed by atoms with Crippen molar-refractivity contribution in [1.82, 2.24) is 9.55 Å². The summed E-state index contributed by atoms with van der Waals surface area (Å²) in [6, 6.07) is 12.0. The van der Waals surface area contributed by atoms with Crippen LogP contribution in [-0.4, -0.2) is 21.2 Å². The summed E-state index contributed by atoms with van der Waals surface area (Å²) in [6.07, 6.45) is 4.24. The van der Waals surface area contributed by atoms with Crippen molar-refractivity contribution in [2.24, 2.45) is 0 Å². The quantitative estimate of drug-likeness (QED) is 0.459. The lowest BCUT2D eigenvalue weighted by Gasteiger charge is -2.14. The lowest BCUT2D eigenvalue weighted by atomic mass is 10.0. The second kappa shape index (κ2) is 8.72. The highest BCUT2D eigenvalue weighted by atomic mass is 35.5. The van der Waals surface area contributed by atoms with Crippen LogP contribution in [0, 0.1) is 12.7 Å². The van der Waals surface area contributed by atoms with Crippen LogP contribution in [0.15, 0.2) is 71.9 Å². The number of nitrogens with one attached hydrogen (secondary N) is 1. The van der Waals surface area contributed by atoms with Crippen molar-refractivity contribution >= 4 is 39.9 Å². The molecule has 2 aromatic heterocycles. The summed E-state index contributed by atoms with van der Waals surface area (Å²) in [5.41, 5.74) is 0.944. The normalized spacial score (nSPS) is 10.8. The molecule has 4 aromatic rings. The van der Waals surface area contributed by atoms with Crippen molar-refractivity contribution in [3.63, 3.8) is 0 Å². The number of hydrogen-bond acceptors (Lipinski definition) is 4. The summed E-state index contributed by atoms with van der Waals surface area (Å²) in [6.45, 7) is 1.54. The van der Waals surface area contributed by atoms with Crippen molar-refractivity contribution in [2.75, 3.05) is 5.32 Å². The molecule has 0 bridgehead atoms. The van der Waals surface area contributed by atoms with Gasteiger partial charge in [-0.3, -0.25) is 19.4 Å². The summed E-state index contributed by atoms with van der Waals surface area (Å²) < 4.78 is 15.5. The van der Waals surface area contributed by atoms with Crippen molar-refractivity contribution in [3.8, 4) is 0 Å². The van der Waals surface area contributed by atoms with Crippen LogP contribution in [0.4, 0.5) is 10.1 Å². The van der Waals surface area contributed by atoms with E-state index in [1.807, 2.05) is 0 Å². The first-order valence-electron chi connectivity index (χ1n) is 9.67. The number of anilines is 1. The zero-order chi connectivity index (χ0) is 22.8. The predicted octanol–water partition coefficient (Wildman–Crippen LogP) is 4.37. The van der Waals surface area contributed by atoms with Gasteiger partial charge in [-0.1, -0.05) is 17.7 Å². The minimum atomic E-state index is -0.561. The summed E-state index contributed by atoms with van der Waals surface area (Å²) in [5, 5.41) is 3.06. The number of carbonyl (C=O) groups is 2. The molecule has 0 fully saturated rings. The third-order valence-electron chi connectivity index (χ3n) is 4.94. The summed E-state index contributed by atoms with van der Waals surface area (Å²) in [4.78, 5) is 42.6. The number of amides is 1. The maximum atomic E-state index is 14.0. The van der Waals surface area contributed by atoms with Gasteiger partial charge in [-0.15, -0.1) is 0 Å². The van der Waals surface area contributed by atoms with Crippen LogP contribution in [0.2, 0.25) is 5.02 Å². The first-order valence-corrected chi connectivity index (χ1v) is 10.0. The summed E-state index contributed by atoms with van der Waals surface area (Å²) in [7, 11) is 0. The number of rotatable bonds is 5. The second-order valence-corrected chi connectivity index (χ2v) is 7.69. The van der Waals surface area contributed by atoms with E-state index in [1.165, 1.54) is 53.5 Å². The molecule has 0 radical (unpaired) electrons. The number of aromatic nitrogens is 2. The third-order valence-corrected chi connectivity index (χ3v) is 5.17. The molecule has 160 valence electrons. The molecule has 8 heteroatoms. The number of hydrogen-bond donors (Lipinski definition) is 1. The van der Waals surface area contributed by atoms with Gasteiger partial charge in [0.2, 0.25) is 11.3 Å². The van der Waals surface area contributed by atoms with Gasteiger partial charge >= 0.3 is 0 Å². The van der Waals surface area contributed by atoms with Gasteiger partial charge in [-0.25, -0.2) is 4.39 Å². The number of ketones is 1. The largest absolute Gasteiger partial charge is 0.337 e. The maximum Gasteiger partial charge on any atom is 0.244 e. The number of benzene rings is 2. The van der Waals surface area contributed by atoms with Crippen LogP contribution < -0.4 is 10.7 Å². The average molecular weight is 450 g/mol. The van der Waals surface area contributed by atoms with E-state index in [2.05, 4.69) is 10.3 Å². The van der Waals surface area contributed by atoms with Crippen LogP contribution in [-0.2, 0) is 11.3 Å². The minimum absolute atomic E-state index is 0.0523. The molecule has 32 heavy (non-hydrogen) atoms. The summed E-state index contributed by atoms with van der Waals surface area (Å²) >= 11 is 6.07. The highest BCUT2D eigenvalue weighted by Gasteiger charge is 2.19. The smallest absolute Gasteiger partial charge is 0.244 e. The molecule has 0 saturated carbocycles. The van der Waals surface area contributed by atoms with Gasteiger partial charge in [-0.2, -0.15) is 0 Å². The molecule has 0 unspecified atom stereocenters. The van der Waals surface area contributed by atoms with E-state index in [1.54, 1.807) is 25.1 Å². The molecule has 2 heterocycles. The SMILES string of the molecule is Cc1ccc(F)c(NC(=O)Cn2cc(C(=O)c3ccncc3)c(=O)c3cc(Cl)ccc32)c1. The number of carbonyl (C=O) groups excluding carboxylic acids is 2. The van der Waals surface area contributed by atoms with Crippen molar-refractivity contribution in [1.29, 1.82) is 0 Å². The van der Waals surface area contributed by atoms with Gasteiger partial charge < -0.3 is 9.88 Å². The Hall–Kier alpha value is -3.84. The van der Waals surface area contributed by atoms with E-state index < -0.39 is 22.9 Å². The Morgan fingerprint density at radius 1 is 1.09 bits per heavy atom. The number of fused-ring (bicyclic) bond motifs is 1. The molecule has 4 rings (SSSR count). The Morgan fingerprint density at radius 2 is 1.84 bits per heavy atom. The molecule has 0 aliphatic rings. The fourth-order valence-corrected chi connectivity index (χ4v) is 3.57. The molecule has 0 atom stereocenters. The lowest BCUT2D eigenvalue weighted by Crippen LogP contribution is -2.24. The Balaban J connectivity index is 1.77. The topological polar surface area (TPSA) is 81.1 Å². The monoisotopic (exact) mass is 449 g/mol. The standard InChI is InChI=1S/C24H17ClFN3O3/c1-14-2-4-19(26)20(10-14)28-22(30)13-29-12-18(23(31)15-6-8-27-9-7-15)24(32)17-11-16(25)3-5-21(17)29/h2-12H,13H2,1H3,(H,28,30). The Morgan fingerprint density at radius 3 is 2.59 bits per heavy atom. The van der Waals surface area contributed by atoms with Crippen LogP contribution in [0.1, 0.15) is 21.5 Å². The van der Waals surface area contributed by atoms with Gasteiger partial charge in [0.15, 0.2) is 5.78 Å². The highest BCUT2D eigenvalue weighted by molar-refractivity contribution is 6.31. The Kier molecular flexibility index (Phi) is 5.83.